The lowest BCUT2D eigenvalue weighted by Crippen LogP contribution is -2.17. The van der Waals surface area contributed by atoms with Gasteiger partial charge in [-0.25, -0.2) is 0 Å². The maximum Gasteiger partial charge on any atom is 0.123 e. The Labute approximate surface area is 248 Å². The van der Waals surface area contributed by atoms with Crippen molar-refractivity contribution in [2.45, 2.75) is 168 Å². The molecule has 0 fully saturated rings. The van der Waals surface area contributed by atoms with E-state index in [1.54, 1.807) is 0 Å². The van der Waals surface area contributed by atoms with Crippen LogP contribution < -0.4 is 0 Å². The second-order valence-electron chi connectivity index (χ2n) is 14.3. The zero-order valence-electron chi connectivity index (χ0n) is 27.3. The Morgan fingerprint density at radius 2 is 0.925 bits per heavy atom. The molecule has 0 aliphatic carbocycles. The zero-order chi connectivity index (χ0) is 29.6. The van der Waals surface area contributed by atoms with E-state index in [-0.39, 0.29) is 10.8 Å². The zero-order valence-corrected chi connectivity index (χ0v) is 27.3. The molecule has 226 valence electrons. The molecule has 0 saturated carbocycles. The molecule has 0 saturated heterocycles. The average molecular weight is 551 g/mol. The van der Waals surface area contributed by atoms with Crippen molar-refractivity contribution in [1.29, 1.82) is 0 Å². The highest BCUT2D eigenvalue weighted by Crippen LogP contribution is 2.43. The van der Waals surface area contributed by atoms with E-state index >= 15 is 0 Å². The van der Waals surface area contributed by atoms with Crippen LogP contribution in [0.15, 0.2) is 30.3 Å². The van der Waals surface area contributed by atoms with E-state index < -0.39 is 0 Å². The predicted octanol–water partition coefficient (Wildman–Crippen LogP) is 12.2. The summed E-state index contributed by atoms with van der Waals surface area (Å²) in [4.78, 5) is 0. The van der Waals surface area contributed by atoms with Gasteiger partial charge in [-0.1, -0.05) is 151 Å². The maximum atomic E-state index is 11.2. The Hall–Kier alpha value is -1.96. The number of hydrogen-bond acceptors (Lipinski definition) is 2. The molecule has 40 heavy (non-hydrogen) atoms. The quantitative estimate of drug-likeness (QED) is 0.181. The van der Waals surface area contributed by atoms with Crippen LogP contribution in [-0.4, -0.2) is 10.2 Å². The SMILES string of the molecule is CCCCCCCCCCCCCCCCCCc1ccc(O)cc1-c1cc(C(C)(C)C)c(O)c(C(C)(C)C)c1. The largest absolute Gasteiger partial charge is 0.508 e. The van der Waals surface area contributed by atoms with Crippen molar-refractivity contribution in [1.82, 2.24) is 0 Å². The molecule has 0 aliphatic heterocycles. The van der Waals surface area contributed by atoms with Gasteiger partial charge in [0.25, 0.3) is 0 Å². The Kier molecular flexibility index (Phi) is 14.6. The van der Waals surface area contributed by atoms with Crippen molar-refractivity contribution in [3.05, 3.63) is 47.0 Å². The molecule has 2 heteroatoms. The molecule has 2 N–H and O–H groups in total. The Balaban J connectivity index is 1.82. The summed E-state index contributed by atoms with van der Waals surface area (Å²) in [6.07, 6.45) is 23.1. The van der Waals surface area contributed by atoms with Crippen molar-refractivity contribution in [3.8, 4) is 22.6 Å². The van der Waals surface area contributed by atoms with Gasteiger partial charge in [0, 0.05) is 11.1 Å². The second kappa shape index (κ2) is 17.1. The lowest BCUT2D eigenvalue weighted by atomic mass is 9.77. The third-order valence-corrected chi connectivity index (χ3v) is 8.43. The van der Waals surface area contributed by atoms with Gasteiger partial charge in [0.05, 0.1) is 0 Å². The molecule has 0 amide bonds. The van der Waals surface area contributed by atoms with E-state index in [0.29, 0.717) is 11.5 Å². The van der Waals surface area contributed by atoms with Crippen LogP contribution in [0.1, 0.15) is 168 Å². The summed E-state index contributed by atoms with van der Waals surface area (Å²) in [5.74, 6) is 0.705. The fraction of sp³-hybridized carbons (Fsp3) is 0.684. The van der Waals surface area contributed by atoms with Crippen molar-refractivity contribution >= 4 is 0 Å². The van der Waals surface area contributed by atoms with Gasteiger partial charge in [-0.3, -0.25) is 0 Å². The van der Waals surface area contributed by atoms with Gasteiger partial charge >= 0.3 is 0 Å². The number of phenolic OH excluding ortho intramolecular Hbond substituents is 2. The second-order valence-corrected chi connectivity index (χ2v) is 14.3. The molecule has 0 aromatic heterocycles. The molecule has 0 spiro atoms. The van der Waals surface area contributed by atoms with E-state index in [1.807, 2.05) is 12.1 Å². The van der Waals surface area contributed by atoms with E-state index in [4.69, 9.17) is 0 Å². The molecule has 0 atom stereocenters. The molecule has 0 aliphatic rings. The van der Waals surface area contributed by atoms with Crippen molar-refractivity contribution in [2.24, 2.45) is 0 Å². The molecular formula is C38H62O2. The topological polar surface area (TPSA) is 40.5 Å². The van der Waals surface area contributed by atoms with E-state index in [1.165, 1.54) is 108 Å². The van der Waals surface area contributed by atoms with Crippen LogP contribution in [0, 0.1) is 0 Å². The Morgan fingerprint density at radius 1 is 0.525 bits per heavy atom. The fourth-order valence-electron chi connectivity index (χ4n) is 5.85. The number of unbranched alkanes of at least 4 members (excludes halogenated alkanes) is 15. The molecular weight excluding hydrogens is 488 g/mol. The number of aryl methyl sites for hydroxylation is 1. The van der Waals surface area contributed by atoms with Gasteiger partial charge in [-0.15, -0.1) is 0 Å². The first-order valence-corrected chi connectivity index (χ1v) is 16.7. The third-order valence-electron chi connectivity index (χ3n) is 8.43. The molecule has 0 unspecified atom stereocenters. The first-order chi connectivity index (χ1) is 18.9. The summed E-state index contributed by atoms with van der Waals surface area (Å²) in [5.41, 5.74) is 5.05. The lowest BCUT2D eigenvalue weighted by Gasteiger charge is -2.28. The predicted molar refractivity (Wildman–Crippen MR) is 176 cm³/mol. The smallest absolute Gasteiger partial charge is 0.123 e. The van der Waals surface area contributed by atoms with Crippen LogP contribution >= 0.6 is 0 Å². The number of aromatic hydroxyl groups is 2. The Morgan fingerprint density at radius 3 is 1.32 bits per heavy atom. The highest BCUT2D eigenvalue weighted by Gasteiger charge is 2.27. The summed E-state index contributed by atoms with van der Waals surface area (Å²) >= 11 is 0. The first kappa shape index (κ1) is 34.2. The van der Waals surface area contributed by atoms with Crippen LogP contribution in [0.3, 0.4) is 0 Å². The van der Waals surface area contributed by atoms with Gasteiger partial charge in [-0.05, 0) is 64.6 Å². The molecule has 0 bridgehead atoms. The van der Waals surface area contributed by atoms with Gasteiger partial charge in [0.15, 0.2) is 0 Å². The number of benzene rings is 2. The van der Waals surface area contributed by atoms with Gasteiger partial charge in [0.2, 0.25) is 0 Å². The summed E-state index contributed by atoms with van der Waals surface area (Å²) in [6.45, 7) is 15.2. The normalized spacial score (nSPS) is 12.3. The maximum absolute atomic E-state index is 11.2. The van der Waals surface area contributed by atoms with Crippen LogP contribution in [0.2, 0.25) is 0 Å². The fourth-order valence-corrected chi connectivity index (χ4v) is 5.85. The van der Waals surface area contributed by atoms with E-state index in [2.05, 4.69) is 66.7 Å². The van der Waals surface area contributed by atoms with Gasteiger partial charge in [0.1, 0.15) is 11.5 Å². The molecule has 2 aromatic rings. The van der Waals surface area contributed by atoms with E-state index in [0.717, 1.165) is 28.7 Å². The number of rotatable bonds is 18. The van der Waals surface area contributed by atoms with Gasteiger partial charge < -0.3 is 10.2 Å². The lowest BCUT2D eigenvalue weighted by molar-refractivity contribution is 0.423. The molecule has 2 rings (SSSR count). The van der Waals surface area contributed by atoms with Crippen molar-refractivity contribution in [3.63, 3.8) is 0 Å². The summed E-state index contributed by atoms with van der Waals surface area (Å²) in [5, 5.41) is 21.5. The van der Waals surface area contributed by atoms with Crippen LogP contribution in [-0.2, 0) is 17.3 Å². The minimum absolute atomic E-state index is 0.176. The van der Waals surface area contributed by atoms with Gasteiger partial charge in [-0.2, -0.15) is 0 Å². The van der Waals surface area contributed by atoms with Crippen LogP contribution in [0.5, 0.6) is 11.5 Å². The van der Waals surface area contributed by atoms with Crippen molar-refractivity contribution in [2.75, 3.05) is 0 Å². The molecule has 0 heterocycles. The summed E-state index contributed by atoms with van der Waals surface area (Å²) < 4.78 is 0. The van der Waals surface area contributed by atoms with Crippen LogP contribution in [0.25, 0.3) is 11.1 Å². The van der Waals surface area contributed by atoms with E-state index in [9.17, 15) is 10.2 Å². The highest BCUT2D eigenvalue weighted by atomic mass is 16.3. The first-order valence-electron chi connectivity index (χ1n) is 16.7. The Bertz CT molecular complexity index is 955. The summed E-state index contributed by atoms with van der Waals surface area (Å²) in [6, 6.07) is 10.1. The molecule has 2 aromatic carbocycles. The third kappa shape index (κ3) is 11.9. The number of hydrogen-bond donors (Lipinski definition) is 2. The van der Waals surface area contributed by atoms with Crippen molar-refractivity contribution < 1.29 is 10.2 Å². The highest BCUT2D eigenvalue weighted by molar-refractivity contribution is 5.73. The minimum atomic E-state index is -0.176. The molecule has 0 radical (unpaired) electrons. The monoisotopic (exact) mass is 550 g/mol. The minimum Gasteiger partial charge on any atom is -0.508 e. The summed E-state index contributed by atoms with van der Waals surface area (Å²) in [7, 11) is 0. The standard InChI is InChI=1S/C38H62O2/c1-8-9-10-11-12-13-14-15-16-17-18-19-20-21-22-23-24-30-25-26-32(39)29-33(30)31-27-34(37(2,3)4)36(40)35(28-31)38(5,6)7/h25-29,39-40H,8-24H2,1-7H3. The van der Waals surface area contributed by atoms with Crippen LogP contribution in [0.4, 0.5) is 0 Å². The molecule has 2 nitrogen and oxygen atoms in total. The average Bonchev–Trinajstić information content (AvgIpc) is 2.88. The number of phenols is 2.